The van der Waals surface area contributed by atoms with Crippen LogP contribution in [0.4, 0.5) is 0 Å². The number of aliphatic hydroxyl groups is 1. The van der Waals surface area contributed by atoms with Crippen molar-refractivity contribution in [3.05, 3.63) is 47.2 Å². The fraction of sp³-hybridized carbons (Fsp3) is 0.250. The van der Waals surface area contributed by atoms with Crippen LogP contribution in [-0.4, -0.2) is 49.9 Å². The van der Waals surface area contributed by atoms with Gasteiger partial charge >= 0.3 is 0 Å². The van der Waals surface area contributed by atoms with E-state index in [1.807, 2.05) is 31.3 Å². The van der Waals surface area contributed by atoms with Crippen LogP contribution in [0.2, 0.25) is 5.15 Å². The van der Waals surface area contributed by atoms with Crippen LogP contribution in [0.25, 0.3) is 22.2 Å². The SMILES string of the molecule is CN1CC[C@@](O)(C#Cc2cccc(-c3nc(Cl)cc4c3cnn4C)c2)C1=O. The fourth-order valence-corrected chi connectivity index (χ4v) is 3.41. The van der Waals surface area contributed by atoms with Crippen molar-refractivity contribution < 1.29 is 9.90 Å². The minimum atomic E-state index is -1.62. The molecule has 1 amide bonds. The number of nitrogens with zero attached hydrogens (tertiary/aromatic N) is 4. The number of halogens is 1. The summed E-state index contributed by atoms with van der Waals surface area (Å²) < 4.78 is 1.74. The Morgan fingerprint density at radius 3 is 2.85 bits per heavy atom. The summed E-state index contributed by atoms with van der Waals surface area (Å²) in [5, 5.41) is 16.0. The molecule has 0 bridgehead atoms. The molecule has 0 unspecified atom stereocenters. The standard InChI is InChI=1S/C20H17ClN4O2/c1-24-9-8-20(27,19(24)26)7-6-13-4-3-5-14(10-13)18-15-12-22-25(2)16(15)11-17(21)23-18/h3-5,10-12,27H,8-9H2,1-2H3/t20-/m0/s1. The number of pyridine rings is 1. The van der Waals surface area contributed by atoms with Crippen LogP contribution in [0.5, 0.6) is 0 Å². The monoisotopic (exact) mass is 380 g/mol. The minimum Gasteiger partial charge on any atom is -0.369 e. The summed E-state index contributed by atoms with van der Waals surface area (Å²) in [5.41, 5.74) is 1.50. The van der Waals surface area contributed by atoms with Gasteiger partial charge in [-0.3, -0.25) is 9.48 Å². The molecule has 0 aliphatic carbocycles. The number of likely N-dealkylation sites (tertiary alicyclic amines) is 1. The van der Waals surface area contributed by atoms with Crippen LogP contribution in [0.15, 0.2) is 36.5 Å². The van der Waals surface area contributed by atoms with E-state index in [0.29, 0.717) is 29.4 Å². The van der Waals surface area contributed by atoms with Crippen LogP contribution in [0, 0.1) is 11.8 Å². The zero-order chi connectivity index (χ0) is 19.2. The summed E-state index contributed by atoms with van der Waals surface area (Å²) in [7, 11) is 3.51. The lowest BCUT2D eigenvalue weighted by molar-refractivity contribution is -0.137. The second kappa shape index (κ2) is 6.38. The number of fused-ring (bicyclic) bond motifs is 1. The second-order valence-corrected chi connectivity index (χ2v) is 7.05. The van der Waals surface area contributed by atoms with Gasteiger partial charge in [-0.05, 0) is 12.1 Å². The highest BCUT2D eigenvalue weighted by molar-refractivity contribution is 6.30. The van der Waals surface area contributed by atoms with E-state index < -0.39 is 5.60 Å². The van der Waals surface area contributed by atoms with Gasteiger partial charge in [0.05, 0.1) is 17.4 Å². The summed E-state index contributed by atoms with van der Waals surface area (Å²) in [5.74, 6) is 5.30. The Morgan fingerprint density at radius 1 is 1.30 bits per heavy atom. The van der Waals surface area contributed by atoms with Crippen molar-refractivity contribution in [2.75, 3.05) is 13.6 Å². The summed E-state index contributed by atoms with van der Waals surface area (Å²) in [4.78, 5) is 18.0. The molecule has 3 aromatic rings. The number of aromatic nitrogens is 3. The van der Waals surface area contributed by atoms with E-state index in [4.69, 9.17) is 11.6 Å². The van der Waals surface area contributed by atoms with E-state index >= 15 is 0 Å². The quantitative estimate of drug-likeness (QED) is 0.519. The summed E-state index contributed by atoms with van der Waals surface area (Å²) in [6.07, 6.45) is 2.06. The molecule has 1 N–H and O–H groups in total. The third-order valence-corrected chi connectivity index (χ3v) is 4.97. The highest BCUT2D eigenvalue weighted by Crippen LogP contribution is 2.29. The van der Waals surface area contributed by atoms with Gasteiger partial charge in [0.15, 0.2) is 0 Å². The van der Waals surface area contributed by atoms with E-state index in [1.165, 1.54) is 4.90 Å². The smallest absolute Gasteiger partial charge is 0.267 e. The first-order valence-electron chi connectivity index (χ1n) is 8.47. The maximum Gasteiger partial charge on any atom is 0.267 e. The molecule has 27 heavy (non-hydrogen) atoms. The van der Waals surface area contributed by atoms with Crippen molar-refractivity contribution in [3.8, 4) is 23.1 Å². The van der Waals surface area contributed by atoms with Crippen molar-refractivity contribution in [2.45, 2.75) is 12.0 Å². The van der Waals surface area contributed by atoms with Gasteiger partial charge in [0, 0.05) is 49.6 Å². The predicted molar refractivity (Wildman–Crippen MR) is 103 cm³/mol. The number of aryl methyl sites for hydroxylation is 1. The topological polar surface area (TPSA) is 71.2 Å². The van der Waals surface area contributed by atoms with Crippen molar-refractivity contribution >= 4 is 28.4 Å². The Hall–Kier alpha value is -2.88. The highest BCUT2D eigenvalue weighted by Gasteiger charge is 2.42. The lowest BCUT2D eigenvalue weighted by Gasteiger charge is -2.13. The molecule has 2 aromatic heterocycles. The molecular weight excluding hydrogens is 364 g/mol. The molecule has 3 heterocycles. The number of benzene rings is 1. The van der Waals surface area contributed by atoms with E-state index in [-0.39, 0.29) is 5.91 Å². The van der Waals surface area contributed by atoms with Crippen LogP contribution in [-0.2, 0) is 11.8 Å². The number of hydrogen-bond acceptors (Lipinski definition) is 4. The number of hydrogen-bond donors (Lipinski definition) is 1. The number of amides is 1. The fourth-order valence-electron chi connectivity index (χ4n) is 3.22. The lowest BCUT2D eigenvalue weighted by atomic mass is 10.0. The number of carbonyl (C=O) groups excluding carboxylic acids is 1. The molecule has 7 heteroatoms. The van der Waals surface area contributed by atoms with Gasteiger partial charge in [-0.2, -0.15) is 5.10 Å². The largest absolute Gasteiger partial charge is 0.369 e. The predicted octanol–water partition coefficient (Wildman–Crippen LogP) is 2.23. The van der Waals surface area contributed by atoms with Crippen molar-refractivity contribution in [1.29, 1.82) is 0 Å². The average molecular weight is 381 g/mol. The molecular formula is C20H17ClN4O2. The third kappa shape index (κ3) is 3.05. The van der Waals surface area contributed by atoms with Crippen LogP contribution in [0.1, 0.15) is 12.0 Å². The van der Waals surface area contributed by atoms with Gasteiger partial charge in [0.2, 0.25) is 5.60 Å². The van der Waals surface area contributed by atoms with Crippen molar-refractivity contribution in [1.82, 2.24) is 19.7 Å². The normalized spacial score (nSPS) is 19.4. The number of likely N-dealkylation sites (N-methyl/N-ethyl adjacent to an activating group) is 1. The van der Waals surface area contributed by atoms with Gasteiger partial charge < -0.3 is 10.0 Å². The maximum atomic E-state index is 12.1. The Kier molecular flexibility index (Phi) is 4.14. The van der Waals surface area contributed by atoms with Crippen LogP contribution < -0.4 is 0 Å². The summed E-state index contributed by atoms with van der Waals surface area (Å²) in [6.45, 7) is 0.496. The van der Waals surface area contributed by atoms with E-state index in [0.717, 1.165) is 16.5 Å². The Labute approximate surface area is 161 Å². The molecule has 1 aliphatic heterocycles. The lowest BCUT2D eigenvalue weighted by Crippen LogP contribution is -2.37. The van der Waals surface area contributed by atoms with Crippen LogP contribution in [0.3, 0.4) is 0 Å². The first-order valence-corrected chi connectivity index (χ1v) is 8.85. The van der Waals surface area contributed by atoms with E-state index in [9.17, 15) is 9.90 Å². The van der Waals surface area contributed by atoms with Gasteiger partial charge in [-0.1, -0.05) is 35.6 Å². The molecule has 6 nitrogen and oxygen atoms in total. The van der Waals surface area contributed by atoms with Crippen LogP contribution >= 0.6 is 11.6 Å². The van der Waals surface area contributed by atoms with Gasteiger partial charge in [0.1, 0.15) is 5.15 Å². The van der Waals surface area contributed by atoms with E-state index in [2.05, 4.69) is 21.9 Å². The van der Waals surface area contributed by atoms with Gasteiger partial charge in [0.25, 0.3) is 5.91 Å². The first-order chi connectivity index (χ1) is 12.9. The Morgan fingerprint density at radius 2 is 2.11 bits per heavy atom. The number of carbonyl (C=O) groups is 1. The molecule has 1 aliphatic rings. The molecule has 4 rings (SSSR count). The molecule has 1 aromatic carbocycles. The average Bonchev–Trinajstić information content (AvgIpc) is 3.15. The minimum absolute atomic E-state index is 0.307. The first kappa shape index (κ1) is 17.5. The maximum absolute atomic E-state index is 12.1. The van der Waals surface area contributed by atoms with E-state index in [1.54, 1.807) is 24.0 Å². The molecule has 0 spiro atoms. The molecule has 0 radical (unpaired) electrons. The molecule has 1 atom stereocenters. The van der Waals surface area contributed by atoms with Gasteiger partial charge in [-0.25, -0.2) is 4.98 Å². The Balaban J connectivity index is 1.75. The second-order valence-electron chi connectivity index (χ2n) is 6.66. The summed E-state index contributed by atoms with van der Waals surface area (Å²) in [6, 6.07) is 9.24. The molecule has 136 valence electrons. The molecule has 1 fully saturated rings. The third-order valence-electron chi connectivity index (χ3n) is 4.77. The Bertz CT molecular complexity index is 1130. The molecule has 0 saturated carbocycles. The molecule has 1 saturated heterocycles. The van der Waals surface area contributed by atoms with Gasteiger partial charge in [-0.15, -0.1) is 0 Å². The number of rotatable bonds is 1. The van der Waals surface area contributed by atoms with Crippen molar-refractivity contribution in [3.63, 3.8) is 0 Å². The highest BCUT2D eigenvalue weighted by atomic mass is 35.5. The zero-order valence-corrected chi connectivity index (χ0v) is 15.7. The zero-order valence-electron chi connectivity index (χ0n) is 14.9. The summed E-state index contributed by atoms with van der Waals surface area (Å²) >= 11 is 6.18. The van der Waals surface area contributed by atoms with Crippen molar-refractivity contribution in [2.24, 2.45) is 7.05 Å².